The van der Waals surface area contributed by atoms with Crippen LogP contribution in [0.25, 0.3) is 0 Å². The normalized spacial score (nSPS) is 19.1. The molecule has 19 heavy (non-hydrogen) atoms. The van der Waals surface area contributed by atoms with E-state index in [4.69, 9.17) is 4.74 Å². The largest absolute Gasteiger partial charge is 0.497 e. The maximum Gasteiger partial charge on any atom is 0.119 e. The van der Waals surface area contributed by atoms with Crippen LogP contribution < -0.4 is 10.1 Å². The van der Waals surface area contributed by atoms with Crippen molar-refractivity contribution < 1.29 is 4.74 Å². The van der Waals surface area contributed by atoms with E-state index in [2.05, 4.69) is 43.6 Å². The lowest BCUT2D eigenvalue weighted by Gasteiger charge is -2.31. The minimum Gasteiger partial charge on any atom is -0.497 e. The molecule has 1 unspecified atom stereocenters. The van der Waals surface area contributed by atoms with Crippen molar-refractivity contribution >= 4 is 11.8 Å². The van der Waals surface area contributed by atoms with E-state index < -0.39 is 0 Å². The highest BCUT2D eigenvalue weighted by atomic mass is 32.2. The number of fused-ring (bicyclic) bond motifs is 1. The summed E-state index contributed by atoms with van der Waals surface area (Å²) in [5.74, 6) is 0.976. The molecule has 1 aliphatic rings. The molecule has 3 heteroatoms. The van der Waals surface area contributed by atoms with Crippen LogP contribution in [0.15, 0.2) is 18.2 Å². The number of benzene rings is 1. The van der Waals surface area contributed by atoms with Crippen LogP contribution in [0.3, 0.4) is 0 Å². The second-order valence-electron chi connectivity index (χ2n) is 5.85. The number of ether oxygens (including phenoxy) is 1. The molecule has 0 fully saturated rings. The van der Waals surface area contributed by atoms with Crippen molar-refractivity contribution in [2.75, 3.05) is 19.9 Å². The third-order valence-electron chi connectivity index (χ3n) is 3.99. The number of methoxy groups -OCH3 is 1. The van der Waals surface area contributed by atoms with E-state index in [1.807, 2.05) is 11.8 Å². The number of thioether (sulfide) groups is 1. The summed E-state index contributed by atoms with van der Waals surface area (Å²) in [6, 6.07) is 7.01. The molecule has 0 heterocycles. The molecule has 0 amide bonds. The standard InChI is InChI=1S/C16H25NOS/c1-16(2,19-4)11-17-15-7-5-6-12-10-13(18-3)8-9-14(12)15/h8-10,15,17H,5-7,11H2,1-4H3. The fraction of sp³-hybridized carbons (Fsp3) is 0.625. The smallest absolute Gasteiger partial charge is 0.119 e. The van der Waals surface area contributed by atoms with Gasteiger partial charge in [-0.3, -0.25) is 0 Å². The molecule has 1 aromatic rings. The predicted octanol–water partition coefficient (Wildman–Crippen LogP) is 3.80. The van der Waals surface area contributed by atoms with Gasteiger partial charge in [0, 0.05) is 17.3 Å². The van der Waals surface area contributed by atoms with Gasteiger partial charge in [-0.1, -0.05) is 6.07 Å². The fourth-order valence-electron chi connectivity index (χ4n) is 2.57. The zero-order chi connectivity index (χ0) is 13.9. The van der Waals surface area contributed by atoms with E-state index in [-0.39, 0.29) is 0 Å². The topological polar surface area (TPSA) is 21.3 Å². The van der Waals surface area contributed by atoms with Crippen molar-refractivity contribution in [3.05, 3.63) is 29.3 Å². The quantitative estimate of drug-likeness (QED) is 0.885. The highest BCUT2D eigenvalue weighted by Crippen LogP contribution is 2.33. The Morgan fingerprint density at radius 2 is 2.21 bits per heavy atom. The summed E-state index contributed by atoms with van der Waals surface area (Å²) in [5.41, 5.74) is 2.91. The van der Waals surface area contributed by atoms with Crippen LogP contribution in [0.2, 0.25) is 0 Å². The molecular formula is C16H25NOS. The Hall–Kier alpha value is -0.670. The zero-order valence-corrected chi connectivity index (χ0v) is 13.3. The Kier molecular flexibility index (Phi) is 4.80. The highest BCUT2D eigenvalue weighted by Gasteiger charge is 2.23. The van der Waals surface area contributed by atoms with Crippen LogP contribution in [0.5, 0.6) is 5.75 Å². The number of rotatable bonds is 5. The summed E-state index contributed by atoms with van der Waals surface area (Å²) >= 11 is 1.92. The van der Waals surface area contributed by atoms with Gasteiger partial charge >= 0.3 is 0 Å². The van der Waals surface area contributed by atoms with Crippen molar-refractivity contribution in [3.63, 3.8) is 0 Å². The van der Waals surface area contributed by atoms with E-state index in [0.717, 1.165) is 12.3 Å². The van der Waals surface area contributed by atoms with Gasteiger partial charge in [-0.25, -0.2) is 0 Å². The third-order valence-corrected chi connectivity index (χ3v) is 5.24. The Morgan fingerprint density at radius 1 is 1.42 bits per heavy atom. The first kappa shape index (κ1) is 14.7. The van der Waals surface area contributed by atoms with Crippen molar-refractivity contribution in [1.29, 1.82) is 0 Å². The van der Waals surface area contributed by atoms with Crippen molar-refractivity contribution in [2.24, 2.45) is 0 Å². The molecule has 0 radical (unpaired) electrons. The van der Waals surface area contributed by atoms with E-state index in [0.29, 0.717) is 10.8 Å². The van der Waals surface area contributed by atoms with Crippen LogP contribution in [-0.2, 0) is 6.42 Å². The van der Waals surface area contributed by atoms with E-state index in [1.165, 1.54) is 30.4 Å². The molecule has 2 nitrogen and oxygen atoms in total. The lowest BCUT2D eigenvalue weighted by atomic mass is 9.87. The van der Waals surface area contributed by atoms with Gasteiger partial charge in [-0.05, 0) is 62.6 Å². The molecule has 0 saturated carbocycles. The maximum absolute atomic E-state index is 5.32. The van der Waals surface area contributed by atoms with Crippen molar-refractivity contribution in [2.45, 2.75) is 43.9 Å². The third kappa shape index (κ3) is 3.67. The number of nitrogens with one attached hydrogen (secondary N) is 1. The molecule has 1 aliphatic carbocycles. The van der Waals surface area contributed by atoms with Gasteiger partial charge in [-0.15, -0.1) is 0 Å². The molecule has 106 valence electrons. The molecule has 0 aromatic heterocycles. The summed E-state index contributed by atoms with van der Waals surface area (Å²) in [4.78, 5) is 0. The average Bonchev–Trinajstić information content (AvgIpc) is 2.44. The Morgan fingerprint density at radius 3 is 2.89 bits per heavy atom. The highest BCUT2D eigenvalue weighted by molar-refractivity contribution is 7.99. The summed E-state index contributed by atoms with van der Waals surface area (Å²) in [7, 11) is 1.74. The van der Waals surface area contributed by atoms with E-state index >= 15 is 0 Å². The maximum atomic E-state index is 5.32. The lowest BCUT2D eigenvalue weighted by molar-refractivity contribution is 0.409. The van der Waals surface area contributed by atoms with Gasteiger partial charge in [0.25, 0.3) is 0 Å². The first-order valence-corrected chi connectivity index (χ1v) is 8.23. The molecule has 0 aliphatic heterocycles. The summed E-state index contributed by atoms with van der Waals surface area (Å²) in [5, 5.41) is 3.74. The minimum atomic E-state index is 0.296. The molecule has 0 spiro atoms. The summed E-state index contributed by atoms with van der Waals surface area (Å²) in [6.07, 6.45) is 5.86. The Bertz CT molecular complexity index is 431. The van der Waals surface area contributed by atoms with Crippen LogP contribution in [0.4, 0.5) is 0 Å². The second kappa shape index (κ2) is 6.19. The minimum absolute atomic E-state index is 0.296. The van der Waals surface area contributed by atoms with Crippen LogP contribution in [0, 0.1) is 0 Å². The van der Waals surface area contributed by atoms with E-state index in [9.17, 15) is 0 Å². The van der Waals surface area contributed by atoms with Crippen molar-refractivity contribution in [3.8, 4) is 5.75 Å². The van der Waals surface area contributed by atoms with Crippen LogP contribution in [0.1, 0.15) is 43.9 Å². The van der Waals surface area contributed by atoms with Crippen LogP contribution >= 0.6 is 11.8 Å². The molecule has 2 rings (SSSR count). The fourth-order valence-corrected chi connectivity index (χ4v) is 2.80. The molecule has 1 N–H and O–H groups in total. The van der Waals surface area contributed by atoms with Gasteiger partial charge in [0.05, 0.1) is 7.11 Å². The zero-order valence-electron chi connectivity index (χ0n) is 12.5. The molecule has 1 atom stereocenters. The van der Waals surface area contributed by atoms with Gasteiger partial charge in [0.1, 0.15) is 5.75 Å². The van der Waals surface area contributed by atoms with Gasteiger partial charge in [-0.2, -0.15) is 11.8 Å². The number of aryl methyl sites for hydroxylation is 1. The van der Waals surface area contributed by atoms with Gasteiger partial charge < -0.3 is 10.1 Å². The van der Waals surface area contributed by atoms with Gasteiger partial charge in [0.2, 0.25) is 0 Å². The number of hydrogen-bond donors (Lipinski definition) is 1. The molecule has 0 saturated heterocycles. The Balaban J connectivity index is 2.09. The van der Waals surface area contributed by atoms with Crippen LogP contribution in [-0.4, -0.2) is 24.7 Å². The average molecular weight is 279 g/mol. The van der Waals surface area contributed by atoms with Crippen molar-refractivity contribution in [1.82, 2.24) is 5.32 Å². The lowest BCUT2D eigenvalue weighted by Crippen LogP contribution is -2.35. The summed E-state index contributed by atoms with van der Waals surface area (Å²) in [6.45, 7) is 5.63. The number of hydrogen-bond acceptors (Lipinski definition) is 3. The SMILES string of the molecule is COc1ccc2c(c1)CCCC2NCC(C)(C)SC. The van der Waals surface area contributed by atoms with Gasteiger partial charge in [0.15, 0.2) is 0 Å². The summed E-state index contributed by atoms with van der Waals surface area (Å²) < 4.78 is 5.62. The molecule has 0 bridgehead atoms. The monoisotopic (exact) mass is 279 g/mol. The molecular weight excluding hydrogens is 254 g/mol. The van der Waals surface area contributed by atoms with E-state index in [1.54, 1.807) is 7.11 Å². The second-order valence-corrected chi connectivity index (χ2v) is 7.37. The first-order chi connectivity index (χ1) is 9.05. The first-order valence-electron chi connectivity index (χ1n) is 7.01. The molecule has 1 aromatic carbocycles. The Labute approximate surface area is 121 Å². The predicted molar refractivity (Wildman–Crippen MR) is 84.3 cm³/mol.